The summed E-state index contributed by atoms with van der Waals surface area (Å²) in [7, 11) is 4.98. The number of rotatable bonds is 8. The first kappa shape index (κ1) is 18.8. The number of benzene rings is 3. The second-order valence-corrected chi connectivity index (χ2v) is 6.38. The van der Waals surface area contributed by atoms with Crippen molar-refractivity contribution in [3.8, 4) is 28.4 Å². The molecule has 0 heterocycles. The lowest BCUT2D eigenvalue weighted by molar-refractivity contribution is 0.324. The summed E-state index contributed by atoms with van der Waals surface area (Å²) in [4.78, 5) is 0. The standard InChI is InChI=1S/C24H26O3/c1-25-21-17-20(16-10-13-18-11-6-4-7-12-18)22(19-14-8-5-9-15-19)24(27-3)23(21)26-2/h4-9,11-12,14-15,17H,10,13,16H2,1-3H3. The van der Waals surface area contributed by atoms with Gasteiger partial charge in [-0.15, -0.1) is 0 Å². The summed E-state index contributed by atoms with van der Waals surface area (Å²) in [5, 5.41) is 0. The van der Waals surface area contributed by atoms with E-state index in [1.165, 1.54) is 11.1 Å². The molecule has 0 amide bonds. The van der Waals surface area contributed by atoms with E-state index in [4.69, 9.17) is 14.2 Å². The fourth-order valence-corrected chi connectivity index (χ4v) is 3.45. The van der Waals surface area contributed by atoms with Gasteiger partial charge in [-0.05, 0) is 42.0 Å². The monoisotopic (exact) mass is 362 g/mol. The SMILES string of the molecule is COc1cc(CCCc2ccccc2)c(-c2ccccc2)c(OC)c1OC. The maximum absolute atomic E-state index is 5.76. The lowest BCUT2D eigenvalue weighted by Crippen LogP contribution is -2.02. The minimum atomic E-state index is 0.630. The van der Waals surface area contributed by atoms with Crippen LogP contribution >= 0.6 is 0 Å². The summed E-state index contributed by atoms with van der Waals surface area (Å²) in [5.41, 5.74) is 4.74. The maximum Gasteiger partial charge on any atom is 0.203 e. The molecule has 0 aliphatic carbocycles. The zero-order valence-electron chi connectivity index (χ0n) is 16.2. The molecule has 0 aliphatic heterocycles. The molecule has 0 fully saturated rings. The molecule has 3 rings (SSSR count). The highest BCUT2D eigenvalue weighted by atomic mass is 16.5. The molecule has 0 aliphatic rings. The van der Waals surface area contributed by atoms with Gasteiger partial charge < -0.3 is 14.2 Å². The summed E-state index contributed by atoms with van der Waals surface area (Å²) >= 11 is 0. The molecule has 3 aromatic rings. The van der Waals surface area contributed by atoms with Crippen molar-refractivity contribution in [2.24, 2.45) is 0 Å². The van der Waals surface area contributed by atoms with Crippen molar-refractivity contribution in [3.05, 3.63) is 77.9 Å². The Kier molecular flexibility index (Phi) is 6.37. The van der Waals surface area contributed by atoms with Crippen molar-refractivity contribution in [2.75, 3.05) is 21.3 Å². The van der Waals surface area contributed by atoms with Crippen LogP contribution in [0.25, 0.3) is 11.1 Å². The Morgan fingerprint density at radius 1 is 0.667 bits per heavy atom. The van der Waals surface area contributed by atoms with Gasteiger partial charge >= 0.3 is 0 Å². The van der Waals surface area contributed by atoms with Crippen LogP contribution in [-0.2, 0) is 12.8 Å². The van der Waals surface area contributed by atoms with E-state index in [0.29, 0.717) is 11.5 Å². The van der Waals surface area contributed by atoms with Crippen LogP contribution in [0.5, 0.6) is 17.2 Å². The Balaban J connectivity index is 2.00. The zero-order chi connectivity index (χ0) is 19.1. The predicted octanol–water partition coefficient (Wildman–Crippen LogP) is 5.55. The quantitative estimate of drug-likeness (QED) is 0.525. The van der Waals surface area contributed by atoms with Crippen LogP contribution in [0.15, 0.2) is 66.7 Å². The summed E-state index contributed by atoms with van der Waals surface area (Å²) in [6.07, 6.45) is 3.00. The molecule has 140 valence electrons. The molecule has 0 aromatic heterocycles. The van der Waals surface area contributed by atoms with Crippen LogP contribution in [0.2, 0.25) is 0 Å². The van der Waals surface area contributed by atoms with Crippen molar-refractivity contribution in [3.63, 3.8) is 0 Å². The van der Waals surface area contributed by atoms with E-state index >= 15 is 0 Å². The van der Waals surface area contributed by atoms with E-state index in [1.807, 2.05) is 18.2 Å². The number of methoxy groups -OCH3 is 3. The molecular weight excluding hydrogens is 336 g/mol. The second kappa shape index (κ2) is 9.13. The van der Waals surface area contributed by atoms with Crippen LogP contribution in [0, 0.1) is 0 Å². The highest BCUT2D eigenvalue weighted by Gasteiger charge is 2.21. The zero-order valence-corrected chi connectivity index (χ0v) is 16.2. The van der Waals surface area contributed by atoms with E-state index in [9.17, 15) is 0 Å². The Morgan fingerprint density at radius 3 is 1.89 bits per heavy atom. The van der Waals surface area contributed by atoms with Gasteiger partial charge in [0.2, 0.25) is 5.75 Å². The first-order chi connectivity index (χ1) is 13.3. The van der Waals surface area contributed by atoms with Crippen molar-refractivity contribution in [1.29, 1.82) is 0 Å². The summed E-state index contributed by atoms with van der Waals surface area (Å²) < 4.78 is 16.9. The lowest BCUT2D eigenvalue weighted by Gasteiger charge is -2.20. The smallest absolute Gasteiger partial charge is 0.203 e. The average Bonchev–Trinajstić information content (AvgIpc) is 2.74. The van der Waals surface area contributed by atoms with E-state index in [2.05, 4.69) is 48.5 Å². The van der Waals surface area contributed by atoms with Gasteiger partial charge in [0.15, 0.2) is 11.5 Å². The molecular formula is C24H26O3. The van der Waals surface area contributed by atoms with Crippen molar-refractivity contribution in [2.45, 2.75) is 19.3 Å². The van der Waals surface area contributed by atoms with Crippen LogP contribution in [-0.4, -0.2) is 21.3 Å². The van der Waals surface area contributed by atoms with Gasteiger partial charge in [0.25, 0.3) is 0 Å². The molecule has 0 unspecified atom stereocenters. The van der Waals surface area contributed by atoms with E-state index in [0.717, 1.165) is 36.1 Å². The molecule has 0 N–H and O–H groups in total. The fourth-order valence-electron chi connectivity index (χ4n) is 3.45. The number of hydrogen-bond donors (Lipinski definition) is 0. The van der Waals surface area contributed by atoms with Crippen LogP contribution in [0.1, 0.15) is 17.5 Å². The molecule has 3 nitrogen and oxygen atoms in total. The second-order valence-electron chi connectivity index (χ2n) is 6.38. The number of aryl methyl sites for hydroxylation is 2. The molecule has 0 bridgehead atoms. The lowest BCUT2D eigenvalue weighted by atomic mass is 9.93. The van der Waals surface area contributed by atoms with E-state index in [-0.39, 0.29) is 0 Å². The minimum Gasteiger partial charge on any atom is -0.493 e. The fraction of sp³-hybridized carbons (Fsp3) is 0.250. The molecule has 3 aromatic carbocycles. The third-order valence-corrected chi connectivity index (χ3v) is 4.73. The van der Waals surface area contributed by atoms with Gasteiger partial charge in [-0.3, -0.25) is 0 Å². The molecule has 0 spiro atoms. The van der Waals surface area contributed by atoms with Crippen LogP contribution in [0.3, 0.4) is 0 Å². The molecule has 0 saturated carbocycles. The summed E-state index contributed by atoms with van der Waals surface area (Å²) in [5.74, 6) is 2.05. The van der Waals surface area contributed by atoms with Gasteiger partial charge in [-0.1, -0.05) is 60.7 Å². The summed E-state index contributed by atoms with van der Waals surface area (Å²) in [6.45, 7) is 0. The van der Waals surface area contributed by atoms with Gasteiger partial charge in [0, 0.05) is 5.56 Å². The molecule has 3 heteroatoms. The van der Waals surface area contributed by atoms with Gasteiger partial charge in [0.1, 0.15) is 0 Å². The van der Waals surface area contributed by atoms with Crippen LogP contribution in [0.4, 0.5) is 0 Å². The Hall–Kier alpha value is -2.94. The maximum atomic E-state index is 5.76. The first-order valence-corrected chi connectivity index (χ1v) is 9.19. The molecule has 27 heavy (non-hydrogen) atoms. The Bertz CT molecular complexity index is 858. The van der Waals surface area contributed by atoms with Gasteiger partial charge in [-0.2, -0.15) is 0 Å². The Morgan fingerprint density at radius 2 is 1.30 bits per heavy atom. The number of ether oxygens (including phenoxy) is 3. The highest BCUT2D eigenvalue weighted by molar-refractivity contribution is 5.79. The number of hydrogen-bond acceptors (Lipinski definition) is 3. The van der Waals surface area contributed by atoms with E-state index < -0.39 is 0 Å². The third-order valence-electron chi connectivity index (χ3n) is 4.73. The minimum absolute atomic E-state index is 0.630. The van der Waals surface area contributed by atoms with E-state index in [1.54, 1.807) is 21.3 Å². The van der Waals surface area contributed by atoms with Gasteiger partial charge in [-0.25, -0.2) is 0 Å². The molecule has 0 radical (unpaired) electrons. The third kappa shape index (κ3) is 4.25. The topological polar surface area (TPSA) is 27.7 Å². The predicted molar refractivity (Wildman–Crippen MR) is 110 cm³/mol. The average molecular weight is 362 g/mol. The molecule has 0 saturated heterocycles. The van der Waals surface area contributed by atoms with Crippen LogP contribution < -0.4 is 14.2 Å². The first-order valence-electron chi connectivity index (χ1n) is 9.19. The Labute approximate surface area is 161 Å². The van der Waals surface area contributed by atoms with Gasteiger partial charge in [0.05, 0.1) is 21.3 Å². The highest BCUT2D eigenvalue weighted by Crippen LogP contribution is 2.47. The van der Waals surface area contributed by atoms with Crippen molar-refractivity contribution < 1.29 is 14.2 Å². The van der Waals surface area contributed by atoms with Crippen molar-refractivity contribution in [1.82, 2.24) is 0 Å². The summed E-state index contributed by atoms with van der Waals surface area (Å²) in [6, 6.07) is 23.0. The molecule has 0 atom stereocenters. The largest absolute Gasteiger partial charge is 0.493 e. The van der Waals surface area contributed by atoms with Crippen molar-refractivity contribution >= 4 is 0 Å². The normalized spacial score (nSPS) is 10.5.